The second-order valence-corrected chi connectivity index (χ2v) is 6.76. The van der Waals surface area contributed by atoms with Crippen LogP contribution in [-0.2, 0) is 11.8 Å². The minimum atomic E-state index is -4.42. The molecule has 0 aromatic heterocycles. The van der Waals surface area contributed by atoms with Crippen LogP contribution in [0.2, 0.25) is 0 Å². The molecule has 1 N–H and O–H groups in total. The van der Waals surface area contributed by atoms with Crippen molar-refractivity contribution in [2.75, 3.05) is 14.2 Å². The van der Waals surface area contributed by atoms with Crippen LogP contribution in [0.3, 0.4) is 0 Å². The number of halogens is 3. The Morgan fingerprint density at radius 3 is 2.35 bits per heavy atom. The van der Waals surface area contributed by atoms with Gasteiger partial charge in [-0.1, -0.05) is 12.5 Å². The van der Waals surface area contributed by atoms with Gasteiger partial charge in [0, 0.05) is 17.6 Å². The predicted octanol–water partition coefficient (Wildman–Crippen LogP) is 3.55. The summed E-state index contributed by atoms with van der Waals surface area (Å²) in [5.74, 6) is 0.116. The molecule has 0 radical (unpaired) electrons. The van der Waals surface area contributed by atoms with Gasteiger partial charge >= 0.3 is 6.18 Å². The Morgan fingerprint density at radius 2 is 1.83 bits per heavy atom. The molecule has 2 fully saturated rings. The van der Waals surface area contributed by atoms with E-state index in [1.807, 2.05) is 0 Å². The van der Waals surface area contributed by atoms with E-state index >= 15 is 0 Å². The van der Waals surface area contributed by atoms with Crippen LogP contribution in [0.5, 0.6) is 5.75 Å². The number of ether oxygens (including phenoxy) is 1. The van der Waals surface area contributed by atoms with Crippen molar-refractivity contribution in [3.8, 4) is 5.75 Å². The van der Waals surface area contributed by atoms with Gasteiger partial charge in [-0.05, 0) is 44.9 Å². The summed E-state index contributed by atoms with van der Waals surface area (Å²) in [7, 11) is 3.41. The number of rotatable bonds is 2. The number of benzene rings is 1. The topological polar surface area (TPSA) is 32.7 Å². The fraction of sp³-hybridized carbons (Fsp3) is 0.647. The third-order valence-corrected chi connectivity index (χ3v) is 5.40. The molecule has 2 aliphatic heterocycles. The molecule has 0 aliphatic carbocycles. The van der Waals surface area contributed by atoms with Crippen LogP contribution < -0.4 is 4.74 Å². The van der Waals surface area contributed by atoms with Gasteiger partial charge in [0.2, 0.25) is 0 Å². The summed E-state index contributed by atoms with van der Waals surface area (Å²) < 4.78 is 43.8. The van der Waals surface area contributed by atoms with E-state index in [-0.39, 0.29) is 17.8 Å². The Bertz CT molecular complexity index is 574. The molecule has 0 amide bonds. The first-order valence-electron chi connectivity index (χ1n) is 7.94. The van der Waals surface area contributed by atoms with Gasteiger partial charge in [-0.3, -0.25) is 0 Å². The molecule has 1 aromatic rings. The van der Waals surface area contributed by atoms with Crippen molar-refractivity contribution < 1.29 is 23.0 Å². The van der Waals surface area contributed by atoms with Crippen LogP contribution in [-0.4, -0.2) is 36.2 Å². The van der Waals surface area contributed by atoms with E-state index in [1.54, 1.807) is 0 Å². The zero-order valence-electron chi connectivity index (χ0n) is 13.4. The summed E-state index contributed by atoms with van der Waals surface area (Å²) >= 11 is 0. The third kappa shape index (κ3) is 2.94. The first kappa shape index (κ1) is 16.6. The van der Waals surface area contributed by atoms with E-state index < -0.39 is 17.3 Å². The number of methoxy groups -OCH3 is 1. The Hall–Kier alpha value is -1.27. The fourth-order valence-electron chi connectivity index (χ4n) is 4.12. The zero-order chi connectivity index (χ0) is 16.8. The van der Waals surface area contributed by atoms with E-state index in [0.717, 1.165) is 31.4 Å². The van der Waals surface area contributed by atoms with Crippen molar-refractivity contribution in [2.45, 2.75) is 56.0 Å². The van der Waals surface area contributed by atoms with Gasteiger partial charge < -0.3 is 14.7 Å². The van der Waals surface area contributed by atoms with E-state index in [9.17, 15) is 18.3 Å². The van der Waals surface area contributed by atoms with Gasteiger partial charge in [-0.2, -0.15) is 13.2 Å². The molecule has 2 heterocycles. The molecule has 2 unspecified atom stereocenters. The van der Waals surface area contributed by atoms with Crippen molar-refractivity contribution in [3.63, 3.8) is 0 Å². The summed E-state index contributed by atoms with van der Waals surface area (Å²) in [6.45, 7) is 0. The predicted molar refractivity (Wildman–Crippen MR) is 80.3 cm³/mol. The first-order valence-corrected chi connectivity index (χ1v) is 7.94. The van der Waals surface area contributed by atoms with Gasteiger partial charge in [0.25, 0.3) is 0 Å². The molecular weight excluding hydrogens is 307 g/mol. The number of hydrogen-bond donors (Lipinski definition) is 1. The SMILES string of the molecule is COc1cc(C(F)(F)F)ccc1C1(O)CC2CCCC(C1)N2C. The highest BCUT2D eigenvalue weighted by molar-refractivity contribution is 5.43. The maximum atomic E-state index is 12.9. The Kier molecular flexibility index (Phi) is 4.09. The smallest absolute Gasteiger partial charge is 0.416 e. The Balaban J connectivity index is 1.97. The highest BCUT2D eigenvalue weighted by Crippen LogP contribution is 2.47. The first-order chi connectivity index (χ1) is 10.7. The minimum absolute atomic E-state index is 0.116. The minimum Gasteiger partial charge on any atom is -0.496 e. The van der Waals surface area contributed by atoms with Crippen molar-refractivity contribution in [3.05, 3.63) is 29.3 Å². The maximum absolute atomic E-state index is 12.9. The second-order valence-electron chi connectivity index (χ2n) is 6.76. The van der Waals surface area contributed by atoms with Crippen LogP contribution in [0, 0.1) is 0 Å². The van der Waals surface area contributed by atoms with E-state index in [1.165, 1.54) is 13.2 Å². The molecule has 1 aromatic carbocycles. The maximum Gasteiger partial charge on any atom is 0.416 e. The molecule has 3 rings (SSSR count). The van der Waals surface area contributed by atoms with Crippen LogP contribution in [0.25, 0.3) is 0 Å². The second kappa shape index (κ2) is 5.67. The van der Waals surface area contributed by atoms with Crippen molar-refractivity contribution in [2.24, 2.45) is 0 Å². The normalized spacial score (nSPS) is 31.9. The molecule has 2 aliphatic rings. The summed E-state index contributed by atoms with van der Waals surface area (Å²) in [6, 6.07) is 3.92. The average molecular weight is 329 g/mol. The standard InChI is InChI=1S/C17H22F3NO2/c1-21-12-4-3-5-13(21)10-16(22,9-12)14-7-6-11(17(18,19)20)8-15(14)23-2/h6-8,12-13,22H,3-5,9-10H2,1-2H3. The van der Waals surface area contributed by atoms with Crippen molar-refractivity contribution in [1.29, 1.82) is 0 Å². The number of aliphatic hydroxyl groups is 1. The van der Waals surface area contributed by atoms with E-state index in [2.05, 4.69) is 11.9 Å². The largest absolute Gasteiger partial charge is 0.496 e. The van der Waals surface area contributed by atoms with Crippen LogP contribution >= 0.6 is 0 Å². The Labute approximate surface area is 134 Å². The lowest BCUT2D eigenvalue weighted by molar-refractivity contribution is -0.137. The highest BCUT2D eigenvalue weighted by Gasteiger charge is 2.46. The lowest BCUT2D eigenvalue weighted by Crippen LogP contribution is -2.55. The zero-order valence-corrected chi connectivity index (χ0v) is 13.4. The number of hydrogen-bond acceptors (Lipinski definition) is 3. The molecule has 3 nitrogen and oxygen atoms in total. The van der Waals surface area contributed by atoms with Crippen LogP contribution in [0.15, 0.2) is 18.2 Å². The quantitative estimate of drug-likeness (QED) is 0.901. The van der Waals surface area contributed by atoms with Gasteiger partial charge in [-0.15, -0.1) is 0 Å². The van der Waals surface area contributed by atoms with Crippen molar-refractivity contribution in [1.82, 2.24) is 4.90 Å². The molecule has 2 atom stereocenters. The number of alkyl halides is 3. The van der Waals surface area contributed by atoms with Gasteiger partial charge in [0.05, 0.1) is 18.3 Å². The van der Waals surface area contributed by atoms with Gasteiger partial charge in [0.1, 0.15) is 5.75 Å². The number of piperidine rings is 2. The monoisotopic (exact) mass is 329 g/mol. The molecular formula is C17H22F3NO2. The molecule has 0 saturated carbocycles. The number of fused-ring (bicyclic) bond motifs is 2. The molecule has 128 valence electrons. The summed E-state index contributed by atoms with van der Waals surface area (Å²) in [5, 5.41) is 11.2. The molecule has 23 heavy (non-hydrogen) atoms. The summed E-state index contributed by atoms with van der Waals surface area (Å²) in [6.07, 6.45) is -0.197. The van der Waals surface area contributed by atoms with E-state index in [0.29, 0.717) is 18.4 Å². The summed E-state index contributed by atoms with van der Waals surface area (Å²) in [4.78, 5) is 2.30. The van der Waals surface area contributed by atoms with Crippen LogP contribution in [0.1, 0.15) is 43.2 Å². The van der Waals surface area contributed by atoms with Gasteiger partial charge in [-0.25, -0.2) is 0 Å². The third-order valence-electron chi connectivity index (χ3n) is 5.40. The fourth-order valence-corrected chi connectivity index (χ4v) is 4.12. The summed E-state index contributed by atoms with van der Waals surface area (Å²) in [5.41, 5.74) is -1.41. The number of nitrogens with zero attached hydrogens (tertiary/aromatic N) is 1. The Morgan fingerprint density at radius 1 is 1.22 bits per heavy atom. The molecule has 2 bridgehead atoms. The molecule has 2 saturated heterocycles. The van der Waals surface area contributed by atoms with E-state index in [4.69, 9.17) is 4.74 Å². The molecule has 6 heteroatoms. The van der Waals surface area contributed by atoms with Gasteiger partial charge in [0.15, 0.2) is 0 Å². The highest BCUT2D eigenvalue weighted by atomic mass is 19.4. The lowest BCUT2D eigenvalue weighted by Gasteiger charge is -2.51. The molecule has 0 spiro atoms. The van der Waals surface area contributed by atoms with Crippen molar-refractivity contribution >= 4 is 0 Å². The van der Waals surface area contributed by atoms with Crippen LogP contribution in [0.4, 0.5) is 13.2 Å². The lowest BCUT2D eigenvalue weighted by atomic mass is 9.72. The average Bonchev–Trinajstić information content (AvgIpc) is 2.47.